The van der Waals surface area contributed by atoms with E-state index in [0.717, 1.165) is 25.2 Å². The van der Waals surface area contributed by atoms with Crippen LogP contribution in [0.5, 0.6) is 0 Å². The number of benzene rings is 1. The Morgan fingerprint density at radius 2 is 2.11 bits per heavy atom. The summed E-state index contributed by atoms with van der Waals surface area (Å²) < 4.78 is 0. The minimum absolute atomic E-state index is 0.0202. The predicted molar refractivity (Wildman–Crippen MR) is 77.1 cm³/mol. The van der Waals surface area contributed by atoms with E-state index in [2.05, 4.69) is 36.4 Å². The fraction of sp³-hybridized carbons (Fsp3) is 0.533. The summed E-state index contributed by atoms with van der Waals surface area (Å²) in [5.41, 5.74) is 3.30. The minimum atomic E-state index is 0.0202. The average molecular weight is 261 g/mol. The molecule has 1 heterocycles. The Bertz CT molecular complexity index is 457. The summed E-state index contributed by atoms with van der Waals surface area (Å²) in [5.74, 6) is 0.0202. The summed E-state index contributed by atoms with van der Waals surface area (Å²) in [6, 6.07) is 6.46. The highest BCUT2D eigenvalue weighted by Crippen LogP contribution is 2.16. The minimum Gasteiger partial charge on any atom is -0.351 e. The third kappa shape index (κ3) is 3.55. The molecule has 0 fully saturated rings. The second-order valence-corrected chi connectivity index (χ2v) is 5.42. The molecule has 0 bridgehead atoms. The van der Waals surface area contributed by atoms with Gasteiger partial charge in [-0.25, -0.2) is 0 Å². The molecule has 0 radical (unpaired) electrons. The number of likely N-dealkylation sites (N-methyl/N-ethyl adjacent to an activating group) is 1. The van der Waals surface area contributed by atoms with Crippen molar-refractivity contribution < 1.29 is 4.79 Å². The zero-order valence-electron chi connectivity index (χ0n) is 12.0. The van der Waals surface area contributed by atoms with E-state index in [1.165, 1.54) is 11.1 Å². The summed E-state index contributed by atoms with van der Waals surface area (Å²) in [4.78, 5) is 14.3. The smallest absolute Gasteiger partial charge is 0.251 e. The van der Waals surface area contributed by atoms with Crippen LogP contribution < -0.4 is 10.6 Å². The van der Waals surface area contributed by atoms with Crippen LogP contribution in [0.25, 0.3) is 0 Å². The SMILES string of the molecule is CC(C)N(C)CCNC(=O)c1ccc2c(c1)CNC2. The Kier molecular flexibility index (Phi) is 4.56. The van der Waals surface area contributed by atoms with Crippen LogP contribution in [0.2, 0.25) is 0 Å². The molecule has 1 aliphatic heterocycles. The number of carbonyl (C=O) groups is 1. The van der Waals surface area contributed by atoms with Gasteiger partial charge in [0, 0.05) is 37.8 Å². The van der Waals surface area contributed by atoms with E-state index in [9.17, 15) is 4.79 Å². The second-order valence-electron chi connectivity index (χ2n) is 5.42. The van der Waals surface area contributed by atoms with Crippen LogP contribution in [-0.4, -0.2) is 37.0 Å². The Labute approximate surface area is 115 Å². The molecule has 4 heteroatoms. The van der Waals surface area contributed by atoms with Crippen molar-refractivity contribution in [2.24, 2.45) is 0 Å². The number of hydrogen-bond acceptors (Lipinski definition) is 3. The van der Waals surface area contributed by atoms with Gasteiger partial charge < -0.3 is 15.5 Å². The first-order chi connectivity index (χ1) is 9.08. The molecule has 0 aromatic heterocycles. The van der Waals surface area contributed by atoms with Crippen LogP contribution in [0.4, 0.5) is 0 Å². The van der Waals surface area contributed by atoms with Gasteiger partial charge in [0.1, 0.15) is 0 Å². The molecule has 0 saturated carbocycles. The van der Waals surface area contributed by atoms with E-state index in [0.29, 0.717) is 12.6 Å². The fourth-order valence-corrected chi connectivity index (χ4v) is 2.14. The Morgan fingerprint density at radius 1 is 1.37 bits per heavy atom. The molecule has 2 rings (SSSR count). The zero-order valence-corrected chi connectivity index (χ0v) is 12.0. The first-order valence-corrected chi connectivity index (χ1v) is 6.89. The van der Waals surface area contributed by atoms with Crippen molar-refractivity contribution >= 4 is 5.91 Å². The summed E-state index contributed by atoms with van der Waals surface area (Å²) in [7, 11) is 2.07. The maximum absolute atomic E-state index is 12.0. The number of carbonyl (C=O) groups excluding carboxylic acids is 1. The number of fused-ring (bicyclic) bond motifs is 1. The molecule has 4 nitrogen and oxygen atoms in total. The molecule has 1 aromatic carbocycles. The van der Waals surface area contributed by atoms with Gasteiger partial charge in [0.05, 0.1) is 0 Å². The highest BCUT2D eigenvalue weighted by atomic mass is 16.1. The topological polar surface area (TPSA) is 44.4 Å². The van der Waals surface area contributed by atoms with Crippen LogP contribution in [-0.2, 0) is 13.1 Å². The standard InChI is InChI=1S/C15H23N3O/c1-11(2)18(3)7-6-17-15(19)12-4-5-13-9-16-10-14(13)8-12/h4-5,8,11,16H,6-7,9-10H2,1-3H3,(H,17,19). The van der Waals surface area contributed by atoms with E-state index in [4.69, 9.17) is 0 Å². The van der Waals surface area contributed by atoms with Gasteiger partial charge in [0.15, 0.2) is 0 Å². The molecule has 0 unspecified atom stereocenters. The molecule has 19 heavy (non-hydrogen) atoms. The lowest BCUT2D eigenvalue weighted by atomic mass is 10.1. The quantitative estimate of drug-likeness (QED) is 0.841. The van der Waals surface area contributed by atoms with Crippen molar-refractivity contribution in [3.63, 3.8) is 0 Å². The lowest BCUT2D eigenvalue weighted by Gasteiger charge is -2.20. The van der Waals surface area contributed by atoms with E-state index in [-0.39, 0.29) is 5.91 Å². The Balaban J connectivity index is 1.86. The van der Waals surface area contributed by atoms with Gasteiger partial charge in [-0.15, -0.1) is 0 Å². The molecule has 0 atom stereocenters. The summed E-state index contributed by atoms with van der Waals surface area (Å²) in [6.07, 6.45) is 0. The first kappa shape index (κ1) is 14.0. The lowest BCUT2D eigenvalue weighted by Crippen LogP contribution is -2.36. The molecule has 1 aliphatic rings. The Hall–Kier alpha value is -1.39. The van der Waals surface area contributed by atoms with Gasteiger partial charge in [-0.1, -0.05) is 6.07 Å². The molecule has 1 amide bonds. The van der Waals surface area contributed by atoms with Crippen LogP contribution in [0.15, 0.2) is 18.2 Å². The molecule has 0 aliphatic carbocycles. The largest absolute Gasteiger partial charge is 0.351 e. The van der Waals surface area contributed by atoms with Gasteiger partial charge >= 0.3 is 0 Å². The predicted octanol–water partition coefficient (Wildman–Crippen LogP) is 1.36. The van der Waals surface area contributed by atoms with Crippen molar-refractivity contribution in [3.8, 4) is 0 Å². The third-order valence-electron chi connectivity index (χ3n) is 3.73. The second kappa shape index (κ2) is 6.17. The summed E-state index contributed by atoms with van der Waals surface area (Å²) in [5, 5.41) is 6.26. The van der Waals surface area contributed by atoms with Crippen LogP contribution in [0, 0.1) is 0 Å². The van der Waals surface area contributed by atoms with Crippen LogP contribution in [0.3, 0.4) is 0 Å². The molecule has 104 valence electrons. The van der Waals surface area contributed by atoms with Gasteiger partial charge in [0.25, 0.3) is 5.91 Å². The average Bonchev–Trinajstić information content (AvgIpc) is 2.85. The van der Waals surface area contributed by atoms with E-state index in [1.807, 2.05) is 18.2 Å². The summed E-state index contributed by atoms with van der Waals surface area (Å²) >= 11 is 0. The molecule has 1 aromatic rings. The Morgan fingerprint density at radius 3 is 2.84 bits per heavy atom. The van der Waals surface area contributed by atoms with Crippen molar-refractivity contribution in [1.82, 2.24) is 15.5 Å². The number of nitrogens with one attached hydrogen (secondary N) is 2. The van der Waals surface area contributed by atoms with E-state index in [1.54, 1.807) is 0 Å². The highest BCUT2D eigenvalue weighted by Gasteiger charge is 2.13. The van der Waals surface area contributed by atoms with Crippen molar-refractivity contribution in [1.29, 1.82) is 0 Å². The van der Waals surface area contributed by atoms with Crippen molar-refractivity contribution in [3.05, 3.63) is 34.9 Å². The summed E-state index contributed by atoms with van der Waals surface area (Å²) in [6.45, 7) is 7.63. The normalized spacial score (nSPS) is 13.9. The fourth-order valence-electron chi connectivity index (χ4n) is 2.14. The van der Waals surface area contributed by atoms with Crippen LogP contribution in [0.1, 0.15) is 35.3 Å². The van der Waals surface area contributed by atoms with E-state index >= 15 is 0 Å². The maximum Gasteiger partial charge on any atom is 0.251 e. The van der Waals surface area contributed by atoms with E-state index < -0.39 is 0 Å². The van der Waals surface area contributed by atoms with Crippen LogP contribution >= 0.6 is 0 Å². The maximum atomic E-state index is 12.0. The highest BCUT2D eigenvalue weighted by molar-refractivity contribution is 5.94. The number of nitrogens with zero attached hydrogens (tertiary/aromatic N) is 1. The molecule has 2 N–H and O–H groups in total. The molecular formula is C15H23N3O. The molecule has 0 spiro atoms. The van der Waals surface area contributed by atoms with Gasteiger partial charge in [-0.3, -0.25) is 4.79 Å². The van der Waals surface area contributed by atoms with Gasteiger partial charge in [0.2, 0.25) is 0 Å². The number of rotatable bonds is 5. The molecular weight excluding hydrogens is 238 g/mol. The number of amides is 1. The third-order valence-corrected chi connectivity index (χ3v) is 3.73. The van der Waals surface area contributed by atoms with Gasteiger partial charge in [-0.05, 0) is 44.2 Å². The van der Waals surface area contributed by atoms with Crippen molar-refractivity contribution in [2.45, 2.75) is 33.0 Å². The molecule has 0 saturated heterocycles. The monoisotopic (exact) mass is 261 g/mol. The lowest BCUT2D eigenvalue weighted by molar-refractivity contribution is 0.0948. The van der Waals surface area contributed by atoms with Gasteiger partial charge in [-0.2, -0.15) is 0 Å². The number of hydrogen-bond donors (Lipinski definition) is 2. The first-order valence-electron chi connectivity index (χ1n) is 6.89. The zero-order chi connectivity index (χ0) is 13.8. The van der Waals surface area contributed by atoms with Crippen molar-refractivity contribution in [2.75, 3.05) is 20.1 Å².